The van der Waals surface area contributed by atoms with Gasteiger partial charge in [-0.25, -0.2) is 4.79 Å². The molecule has 2 saturated carbocycles. The Morgan fingerprint density at radius 3 is 2.67 bits per heavy atom. The number of amides is 2. The van der Waals surface area contributed by atoms with Crippen LogP contribution in [0.15, 0.2) is 0 Å². The van der Waals surface area contributed by atoms with E-state index >= 15 is 0 Å². The van der Waals surface area contributed by atoms with Crippen molar-refractivity contribution in [1.29, 1.82) is 0 Å². The monoisotopic (exact) mass is 294 g/mol. The summed E-state index contributed by atoms with van der Waals surface area (Å²) in [5, 5.41) is 0. The maximum atomic E-state index is 12.7. The minimum atomic E-state index is 0.101. The van der Waals surface area contributed by atoms with Crippen LogP contribution < -0.4 is 0 Å². The SMILES string of the molecule is O=C(N1CCCC1)N1CCO[C@H]2[C@@H](OCC3CC3)CC[C@@H]21. The molecule has 4 fully saturated rings. The van der Waals surface area contributed by atoms with Crippen LogP contribution in [0, 0.1) is 5.92 Å². The molecule has 0 N–H and O–H groups in total. The van der Waals surface area contributed by atoms with E-state index in [1.807, 2.05) is 4.90 Å². The molecular formula is C16H26N2O3. The highest BCUT2D eigenvalue weighted by Crippen LogP contribution is 2.35. The topological polar surface area (TPSA) is 42.0 Å². The molecule has 2 heterocycles. The van der Waals surface area contributed by atoms with Crippen molar-refractivity contribution >= 4 is 6.03 Å². The van der Waals surface area contributed by atoms with Gasteiger partial charge in [-0.15, -0.1) is 0 Å². The van der Waals surface area contributed by atoms with E-state index in [0.717, 1.165) is 57.8 Å². The first-order chi connectivity index (χ1) is 10.3. The molecule has 3 atom stereocenters. The summed E-state index contributed by atoms with van der Waals surface area (Å²) >= 11 is 0. The second-order valence-corrected chi connectivity index (χ2v) is 6.97. The fourth-order valence-corrected chi connectivity index (χ4v) is 3.97. The maximum absolute atomic E-state index is 12.7. The number of urea groups is 1. The molecule has 2 aliphatic heterocycles. The zero-order valence-corrected chi connectivity index (χ0v) is 12.7. The fraction of sp³-hybridized carbons (Fsp3) is 0.938. The Bertz CT molecular complexity index is 393. The zero-order valence-electron chi connectivity index (χ0n) is 12.7. The van der Waals surface area contributed by atoms with E-state index in [1.165, 1.54) is 12.8 Å². The Kier molecular flexibility index (Phi) is 3.79. The molecular weight excluding hydrogens is 268 g/mol. The van der Waals surface area contributed by atoms with Crippen LogP contribution in [0.2, 0.25) is 0 Å². The first kappa shape index (κ1) is 13.8. The van der Waals surface area contributed by atoms with Gasteiger partial charge in [-0.3, -0.25) is 0 Å². The molecule has 0 aromatic heterocycles. The normalized spacial score (nSPS) is 36.1. The largest absolute Gasteiger partial charge is 0.375 e. The van der Waals surface area contributed by atoms with Gasteiger partial charge in [0.2, 0.25) is 0 Å². The molecule has 21 heavy (non-hydrogen) atoms. The summed E-state index contributed by atoms with van der Waals surface area (Å²) in [5.74, 6) is 0.787. The van der Waals surface area contributed by atoms with Crippen molar-refractivity contribution in [2.24, 2.45) is 5.92 Å². The van der Waals surface area contributed by atoms with E-state index < -0.39 is 0 Å². The number of hydrogen-bond donors (Lipinski definition) is 0. The minimum absolute atomic E-state index is 0.101. The molecule has 0 unspecified atom stereocenters. The van der Waals surface area contributed by atoms with Crippen molar-refractivity contribution in [2.75, 3.05) is 32.8 Å². The lowest BCUT2D eigenvalue weighted by Crippen LogP contribution is -2.56. The van der Waals surface area contributed by atoms with Gasteiger partial charge in [-0.05, 0) is 44.4 Å². The van der Waals surface area contributed by atoms with Crippen molar-refractivity contribution in [3.05, 3.63) is 0 Å². The van der Waals surface area contributed by atoms with Crippen LogP contribution >= 0.6 is 0 Å². The summed E-state index contributed by atoms with van der Waals surface area (Å²) in [4.78, 5) is 16.8. The molecule has 2 aliphatic carbocycles. The Morgan fingerprint density at radius 2 is 1.90 bits per heavy atom. The van der Waals surface area contributed by atoms with Gasteiger partial charge in [0.05, 0.1) is 18.8 Å². The van der Waals surface area contributed by atoms with E-state index in [4.69, 9.17) is 9.47 Å². The third-order valence-electron chi connectivity index (χ3n) is 5.40. The molecule has 0 bridgehead atoms. The van der Waals surface area contributed by atoms with Gasteiger partial charge in [0.15, 0.2) is 0 Å². The number of carbonyl (C=O) groups is 1. The molecule has 0 radical (unpaired) electrons. The summed E-state index contributed by atoms with van der Waals surface area (Å²) in [5.41, 5.74) is 0. The van der Waals surface area contributed by atoms with E-state index in [-0.39, 0.29) is 24.3 Å². The van der Waals surface area contributed by atoms with Gasteiger partial charge in [-0.2, -0.15) is 0 Å². The van der Waals surface area contributed by atoms with Gasteiger partial charge in [0, 0.05) is 26.2 Å². The molecule has 0 aromatic carbocycles. The number of ether oxygens (including phenoxy) is 2. The lowest BCUT2D eigenvalue weighted by molar-refractivity contribution is -0.106. The molecule has 4 rings (SSSR count). The molecule has 118 valence electrons. The molecule has 4 aliphatic rings. The quantitative estimate of drug-likeness (QED) is 0.798. The van der Waals surface area contributed by atoms with Crippen molar-refractivity contribution in [3.8, 4) is 0 Å². The van der Waals surface area contributed by atoms with Crippen LogP contribution in [0.4, 0.5) is 4.79 Å². The number of morpholine rings is 1. The van der Waals surface area contributed by atoms with Crippen molar-refractivity contribution in [2.45, 2.75) is 56.8 Å². The maximum Gasteiger partial charge on any atom is 0.320 e. The second kappa shape index (κ2) is 5.76. The number of carbonyl (C=O) groups excluding carboxylic acids is 1. The average Bonchev–Trinajstić information content (AvgIpc) is 3.03. The molecule has 5 heteroatoms. The van der Waals surface area contributed by atoms with Gasteiger partial charge in [-0.1, -0.05) is 0 Å². The summed E-state index contributed by atoms with van der Waals surface area (Å²) in [6.45, 7) is 4.14. The number of fused-ring (bicyclic) bond motifs is 1. The van der Waals surface area contributed by atoms with Crippen LogP contribution in [0.1, 0.15) is 38.5 Å². The molecule has 0 spiro atoms. The Hall–Kier alpha value is -0.810. The van der Waals surface area contributed by atoms with Crippen LogP contribution in [0.5, 0.6) is 0 Å². The van der Waals surface area contributed by atoms with Crippen molar-refractivity contribution < 1.29 is 14.3 Å². The zero-order chi connectivity index (χ0) is 14.2. The van der Waals surface area contributed by atoms with Crippen LogP contribution in [-0.4, -0.2) is 66.9 Å². The Labute approximate surface area is 126 Å². The fourth-order valence-electron chi connectivity index (χ4n) is 3.97. The molecule has 0 aromatic rings. The minimum Gasteiger partial charge on any atom is -0.375 e. The van der Waals surface area contributed by atoms with Crippen LogP contribution in [0.3, 0.4) is 0 Å². The predicted octanol–water partition coefficient (Wildman–Crippen LogP) is 1.86. The van der Waals surface area contributed by atoms with Gasteiger partial charge >= 0.3 is 6.03 Å². The number of rotatable bonds is 3. The predicted molar refractivity (Wildman–Crippen MR) is 78.1 cm³/mol. The standard InChI is InChI=1S/C16H26N2O3/c19-16(17-7-1-2-8-17)18-9-10-20-15-13(18)5-6-14(15)21-11-12-3-4-12/h12-15H,1-11H2/t13-,14-,15+/m0/s1. The van der Waals surface area contributed by atoms with Crippen molar-refractivity contribution in [3.63, 3.8) is 0 Å². The first-order valence-corrected chi connectivity index (χ1v) is 8.61. The van der Waals surface area contributed by atoms with E-state index in [9.17, 15) is 4.79 Å². The lowest BCUT2D eigenvalue weighted by atomic mass is 10.1. The van der Waals surface area contributed by atoms with E-state index in [2.05, 4.69) is 4.90 Å². The lowest BCUT2D eigenvalue weighted by Gasteiger charge is -2.40. The van der Waals surface area contributed by atoms with Gasteiger partial charge < -0.3 is 19.3 Å². The number of nitrogens with zero attached hydrogens (tertiary/aromatic N) is 2. The van der Waals surface area contributed by atoms with Crippen LogP contribution in [0.25, 0.3) is 0 Å². The number of likely N-dealkylation sites (tertiary alicyclic amines) is 1. The summed E-state index contributed by atoms with van der Waals surface area (Å²) in [6.07, 6.45) is 7.30. The third kappa shape index (κ3) is 2.78. The second-order valence-electron chi connectivity index (χ2n) is 6.97. The third-order valence-corrected chi connectivity index (χ3v) is 5.40. The van der Waals surface area contributed by atoms with E-state index in [0.29, 0.717) is 6.61 Å². The Balaban J connectivity index is 1.38. The highest BCUT2D eigenvalue weighted by atomic mass is 16.5. The summed E-state index contributed by atoms with van der Waals surface area (Å²) < 4.78 is 12.0. The number of hydrogen-bond acceptors (Lipinski definition) is 3. The summed E-state index contributed by atoms with van der Waals surface area (Å²) in [6, 6.07) is 0.463. The Morgan fingerprint density at radius 1 is 1.10 bits per heavy atom. The molecule has 2 saturated heterocycles. The smallest absolute Gasteiger partial charge is 0.320 e. The first-order valence-electron chi connectivity index (χ1n) is 8.61. The van der Waals surface area contributed by atoms with Gasteiger partial charge in [0.25, 0.3) is 0 Å². The van der Waals surface area contributed by atoms with Crippen LogP contribution in [-0.2, 0) is 9.47 Å². The molecule has 5 nitrogen and oxygen atoms in total. The molecule has 2 amide bonds. The van der Waals surface area contributed by atoms with Gasteiger partial charge in [0.1, 0.15) is 6.10 Å². The van der Waals surface area contributed by atoms with Crippen molar-refractivity contribution in [1.82, 2.24) is 9.80 Å². The summed E-state index contributed by atoms with van der Waals surface area (Å²) in [7, 11) is 0. The highest BCUT2D eigenvalue weighted by molar-refractivity contribution is 5.75. The van der Waals surface area contributed by atoms with E-state index in [1.54, 1.807) is 0 Å². The highest BCUT2D eigenvalue weighted by Gasteiger charge is 2.46. The average molecular weight is 294 g/mol.